The van der Waals surface area contributed by atoms with Gasteiger partial charge in [0.15, 0.2) is 6.61 Å². The lowest BCUT2D eigenvalue weighted by molar-refractivity contribution is -0.123. The van der Waals surface area contributed by atoms with Crippen molar-refractivity contribution in [3.05, 3.63) is 30.3 Å². The van der Waals surface area contributed by atoms with Crippen LogP contribution in [0.25, 0.3) is 0 Å². The number of amides is 1. The largest absolute Gasteiger partial charge is 0.484 e. The van der Waals surface area contributed by atoms with Crippen molar-refractivity contribution in [2.75, 3.05) is 18.5 Å². The van der Waals surface area contributed by atoms with Crippen LogP contribution in [-0.2, 0) is 4.79 Å². The molecule has 3 nitrogen and oxygen atoms in total. The van der Waals surface area contributed by atoms with Crippen molar-refractivity contribution in [1.29, 1.82) is 0 Å². The summed E-state index contributed by atoms with van der Waals surface area (Å²) >= 11 is 3.42. The minimum atomic E-state index is -0.0631. The molecule has 1 unspecified atom stereocenters. The molecule has 0 fully saturated rings. The summed E-state index contributed by atoms with van der Waals surface area (Å²) in [5.74, 6) is 1.19. The van der Waals surface area contributed by atoms with E-state index in [4.69, 9.17) is 4.74 Å². The minimum absolute atomic E-state index is 0.0631. The van der Waals surface area contributed by atoms with Gasteiger partial charge in [-0.25, -0.2) is 0 Å². The number of carbonyl (C=O) groups is 1. The van der Waals surface area contributed by atoms with E-state index in [9.17, 15) is 4.79 Å². The summed E-state index contributed by atoms with van der Waals surface area (Å²) < 4.78 is 5.37. The summed E-state index contributed by atoms with van der Waals surface area (Å²) in [6, 6.07) is 9.37. The molecule has 1 amide bonds. The van der Waals surface area contributed by atoms with Crippen LogP contribution in [0.15, 0.2) is 30.3 Å². The van der Waals surface area contributed by atoms with Gasteiger partial charge in [-0.05, 0) is 24.5 Å². The highest BCUT2D eigenvalue weighted by atomic mass is 79.9. The fraction of sp³-hybridized carbons (Fsp3) is 0.500. The van der Waals surface area contributed by atoms with E-state index < -0.39 is 0 Å². The second-order valence-electron chi connectivity index (χ2n) is 4.16. The maximum atomic E-state index is 11.6. The first-order chi connectivity index (χ1) is 8.76. The van der Waals surface area contributed by atoms with E-state index in [1.807, 2.05) is 30.3 Å². The van der Waals surface area contributed by atoms with Gasteiger partial charge in [-0.15, -0.1) is 0 Å². The maximum absolute atomic E-state index is 11.6. The van der Waals surface area contributed by atoms with Crippen LogP contribution in [0.5, 0.6) is 5.75 Å². The van der Waals surface area contributed by atoms with E-state index >= 15 is 0 Å². The first-order valence-electron chi connectivity index (χ1n) is 6.26. The van der Waals surface area contributed by atoms with Crippen molar-refractivity contribution in [3.8, 4) is 5.75 Å². The quantitative estimate of drug-likeness (QED) is 0.749. The summed E-state index contributed by atoms with van der Waals surface area (Å²) in [6.07, 6.45) is 2.15. The highest BCUT2D eigenvalue weighted by Gasteiger charge is 2.08. The minimum Gasteiger partial charge on any atom is -0.484 e. The fourth-order valence-electron chi connectivity index (χ4n) is 1.58. The maximum Gasteiger partial charge on any atom is 0.257 e. The monoisotopic (exact) mass is 313 g/mol. The number of nitrogens with one attached hydrogen (secondary N) is 1. The highest BCUT2D eigenvalue weighted by Crippen LogP contribution is 2.09. The van der Waals surface area contributed by atoms with Gasteiger partial charge in [-0.2, -0.15) is 0 Å². The van der Waals surface area contributed by atoms with Gasteiger partial charge in [-0.1, -0.05) is 47.5 Å². The van der Waals surface area contributed by atoms with Crippen LogP contribution >= 0.6 is 15.9 Å². The molecule has 0 aromatic heterocycles. The van der Waals surface area contributed by atoms with Crippen LogP contribution < -0.4 is 10.1 Å². The van der Waals surface area contributed by atoms with Crippen molar-refractivity contribution in [1.82, 2.24) is 5.32 Å². The number of rotatable bonds is 8. The lowest BCUT2D eigenvalue weighted by atomic mass is 10.0. The van der Waals surface area contributed by atoms with E-state index in [0.717, 1.165) is 30.5 Å². The molecular formula is C14H20BrNO2. The van der Waals surface area contributed by atoms with E-state index in [1.54, 1.807) is 0 Å². The smallest absolute Gasteiger partial charge is 0.257 e. The second-order valence-corrected chi connectivity index (χ2v) is 4.95. The van der Waals surface area contributed by atoms with Crippen LogP contribution in [0.4, 0.5) is 0 Å². The Bertz CT molecular complexity index is 343. The molecule has 0 aliphatic heterocycles. The molecule has 0 bridgehead atoms. The van der Waals surface area contributed by atoms with Gasteiger partial charge in [-0.3, -0.25) is 4.79 Å². The van der Waals surface area contributed by atoms with Gasteiger partial charge in [0.1, 0.15) is 5.75 Å². The normalized spacial score (nSPS) is 11.9. The Balaban J connectivity index is 2.21. The van der Waals surface area contributed by atoms with Gasteiger partial charge < -0.3 is 10.1 Å². The van der Waals surface area contributed by atoms with Crippen molar-refractivity contribution in [3.63, 3.8) is 0 Å². The first-order valence-corrected chi connectivity index (χ1v) is 7.39. The third kappa shape index (κ3) is 6.05. The Morgan fingerprint density at radius 2 is 2.11 bits per heavy atom. The molecule has 0 aliphatic carbocycles. The molecule has 4 heteroatoms. The van der Waals surface area contributed by atoms with Crippen molar-refractivity contribution < 1.29 is 9.53 Å². The topological polar surface area (TPSA) is 38.3 Å². The number of benzene rings is 1. The molecule has 1 atom stereocenters. The lowest BCUT2D eigenvalue weighted by Gasteiger charge is -2.14. The molecule has 0 heterocycles. The molecule has 18 heavy (non-hydrogen) atoms. The molecule has 1 N–H and O–H groups in total. The number of halogens is 1. The van der Waals surface area contributed by atoms with Crippen LogP contribution in [0.3, 0.4) is 0 Å². The Labute approximate surface area is 117 Å². The third-order valence-electron chi connectivity index (χ3n) is 2.80. The molecule has 100 valence electrons. The average molecular weight is 314 g/mol. The standard InChI is InChI=1S/C14H20BrNO2/c1-2-12(8-9-15)10-16-14(17)11-18-13-6-4-3-5-7-13/h3-7,12H,2,8-11H2,1H3,(H,16,17). The SMILES string of the molecule is CCC(CCBr)CNC(=O)COc1ccccc1. The number of carbonyl (C=O) groups excluding carboxylic acids is 1. The lowest BCUT2D eigenvalue weighted by Crippen LogP contribution is -2.33. The van der Waals surface area contributed by atoms with E-state index in [-0.39, 0.29) is 12.5 Å². The molecule has 1 aromatic carbocycles. The zero-order valence-corrected chi connectivity index (χ0v) is 12.3. The number of para-hydroxylation sites is 1. The summed E-state index contributed by atoms with van der Waals surface area (Å²) in [4.78, 5) is 11.6. The highest BCUT2D eigenvalue weighted by molar-refractivity contribution is 9.09. The summed E-state index contributed by atoms with van der Waals surface area (Å²) in [6.45, 7) is 2.94. The van der Waals surface area contributed by atoms with Gasteiger partial charge in [0.25, 0.3) is 5.91 Å². The molecule has 0 aliphatic rings. The zero-order chi connectivity index (χ0) is 13.2. The Morgan fingerprint density at radius 3 is 2.72 bits per heavy atom. The molecule has 1 rings (SSSR count). The number of hydrogen-bond donors (Lipinski definition) is 1. The van der Waals surface area contributed by atoms with Crippen LogP contribution in [0, 0.1) is 5.92 Å². The molecule has 0 saturated heterocycles. The van der Waals surface area contributed by atoms with Gasteiger partial charge in [0.2, 0.25) is 0 Å². The first kappa shape index (κ1) is 15.0. The third-order valence-corrected chi connectivity index (χ3v) is 3.25. The number of hydrogen-bond acceptors (Lipinski definition) is 2. The van der Waals surface area contributed by atoms with E-state index in [0.29, 0.717) is 5.92 Å². The molecule has 0 radical (unpaired) electrons. The van der Waals surface area contributed by atoms with E-state index in [2.05, 4.69) is 28.2 Å². The molecule has 0 spiro atoms. The van der Waals surface area contributed by atoms with Gasteiger partial charge in [0, 0.05) is 11.9 Å². The predicted octanol–water partition coefficient (Wildman–Crippen LogP) is 2.99. The zero-order valence-electron chi connectivity index (χ0n) is 10.7. The summed E-state index contributed by atoms with van der Waals surface area (Å²) in [5.41, 5.74) is 0. The predicted molar refractivity (Wildman–Crippen MR) is 77.1 cm³/mol. The van der Waals surface area contributed by atoms with E-state index in [1.165, 1.54) is 0 Å². The molecule has 1 aromatic rings. The number of alkyl halides is 1. The van der Waals surface area contributed by atoms with Crippen molar-refractivity contribution >= 4 is 21.8 Å². The Morgan fingerprint density at radius 1 is 1.39 bits per heavy atom. The van der Waals surface area contributed by atoms with Crippen LogP contribution in [0.1, 0.15) is 19.8 Å². The fourth-order valence-corrected chi connectivity index (χ4v) is 2.23. The average Bonchev–Trinajstić information content (AvgIpc) is 2.42. The second kappa shape index (κ2) is 8.97. The van der Waals surface area contributed by atoms with Crippen LogP contribution in [-0.4, -0.2) is 24.4 Å². The Kier molecular flexibility index (Phi) is 7.49. The summed E-state index contributed by atoms with van der Waals surface area (Å²) in [5, 5.41) is 3.88. The Hall–Kier alpha value is -1.03. The van der Waals surface area contributed by atoms with Crippen LogP contribution in [0.2, 0.25) is 0 Å². The van der Waals surface area contributed by atoms with Crippen molar-refractivity contribution in [2.24, 2.45) is 5.92 Å². The molecule has 0 saturated carbocycles. The van der Waals surface area contributed by atoms with Gasteiger partial charge >= 0.3 is 0 Å². The molecular weight excluding hydrogens is 294 g/mol. The summed E-state index contributed by atoms with van der Waals surface area (Å²) in [7, 11) is 0. The van der Waals surface area contributed by atoms with Gasteiger partial charge in [0.05, 0.1) is 0 Å². The van der Waals surface area contributed by atoms with Crippen molar-refractivity contribution in [2.45, 2.75) is 19.8 Å². The number of ether oxygens (including phenoxy) is 1.